The van der Waals surface area contributed by atoms with Crippen LogP contribution in [0.2, 0.25) is 0 Å². The Morgan fingerprint density at radius 1 is 1.30 bits per heavy atom. The van der Waals surface area contributed by atoms with E-state index in [4.69, 9.17) is 5.73 Å². The molecule has 0 saturated carbocycles. The van der Waals surface area contributed by atoms with E-state index >= 15 is 0 Å². The maximum atomic E-state index is 12.0. The van der Waals surface area contributed by atoms with E-state index < -0.39 is 0 Å². The second kappa shape index (κ2) is 5.13. The molecule has 2 atom stereocenters. The quantitative estimate of drug-likeness (QED) is 0.898. The molecule has 1 fully saturated rings. The Kier molecular flexibility index (Phi) is 3.32. The molecule has 4 heteroatoms. The monoisotopic (exact) mass is 269 g/mol. The Balaban J connectivity index is 1.91. The summed E-state index contributed by atoms with van der Waals surface area (Å²) in [5, 5.41) is 5.45. The van der Waals surface area contributed by atoms with Gasteiger partial charge >= 0.3 is 6.03 Å². The highest BCUT2D eigenvalue weighted by Crippen LogP contribution is 2.27. The summed E-state index contributed by atoms with van der Waals surface area (Å²) in [7, 11) is 0. The molecular formula is C16H19N3O. The van der Waals surface area contributed by atoms with Crippen LogP contribution in [0.15, 0.2) is 42.5 Å². The first-order valence-corrected chi connectivity index (χ1v) is 6.94. The van der Waals surface area contributed by atoms with E-state index in [0.717, 1.165) is 0 Å². The van der Waals surface area contributed by atoms with Crippen molar-refractivity contribution >= 4 is 16.8 Å². The smallest absolute Gasteiger partial charge is 0.318 e. The van der Waals surface area contributed by atoms with Gasteiger partial charge in [0.05, 0.1) is 6.04 Å². The van der Waals surface area contributed by atoms with Crippen LogP contribution in [-0.4, -0.2) is 30.1 Å². The molecule has 20 heavy (non-hydrogen) atoms. The third-order valence-corrected chi connectivity index (χ3v) is 3.70. The van der Waals surface area contributed by atoms with Crippen molar-refractivity contribution in [2.75, 3.05) is 13.1 Å². The number of fused-ring (bicyclic) bond motifs is 1. The fourth-order valence-electron chi connectivity index (χ4n) is 2.82. The van der Waals surface area contributed by atoms with Gasteiger partial charge in [0.15, 0.2) is 0 Å². The molecule has 2 aromatic rings. The molecule has 3 N–H and O–H groups in total. The van der Waals surface area contributed by atoms with Crippen LogP contribution in [0, 0.1) is 0 Å². The van der Waals surface area contributed by atoms with Gasteiger partial charge in [-0.15, -0.1) is 0 Å². The van der Waals surface area contributed by atoms with Crippen LogP contribution in [0.1, 0.15) is 18.5 Å². The topological polar surface area (TPSA) is 58.4 Å². The number of amides is 2. The summed E-state index contributed by atoms with van der Waals surface area (Å²) in [5.41, 5.74) is 6.96. The lowest BCUT2D eigenvalue weighted by atomic mass is 9.99. The highest BCUT2D eigenvalue weighted by atomic mass is 16.2. The van der Waals surface area contributed by atoms with Crippen LogP contribution in [0.4, 0.5) is 4.79 Å². The molecule has 2 unspecified atom stereocenters. The predicted octanol–water partition coefficient (Wildman–Crippen LogP) is 2.25. The number of hydrogen-bond donors (Lipinski definition) is 2. The van der Waals surface area contributed by atoms with Gasteiger partial charge in [0.1, 0.15) is 0 Å². The van der Waals surface area contributed by atoms with Gasteiger partial charge in [0, 0.05) is 19.1 Å². The van der Waals surface area contributed by atoms with E-state index in [0.29, 0.717) is 13.1 Å². The van der Waals surface area contributed by atoms with Gasteiger partial charge in [-0.2, -0.15) is 0 Å². The molecule has 1 aliphatic rings. The maximum absolute atomic E-state index is 12.0. The first-order valence-electron chi connectivity index (χ1n) is 6.94. The van der Waals surface area contributed by atoms with Crippen LogP contribution in [0.3, 0.4) is 0 Å². The number of carbonyl (C=O) groups is 1. The average molecular weight is 269 g/mol. The first kappa shape index (κ1) is 12.9. The number of rotatable bonds is 3. The molecule has 0 radical (unpaired) electrons. The minimum absolute atomic E-state index is 0.00739. The number of benzene rings is 2. The Bertz CT molecular complexity index is 633. The summed E-state index contributed by atoms with van der Waals surface area (Å²) < 4.78 is 0. The Morgan fingerprint density at radius 3 is 2.85 bits per heavy atom. The van der Waals surface area contributed by atoms with Crippen molar-refractivity contribution in [1.82, 2.24) is 10.2 Å². The Hall–Kier alpha value is -2.07. The minimum Gasteiger partial charge on any atom is -0.329 e. The highest BCUT2D eigenvalue weighted by Gasteiger charge is 2.30. The zero-order chi connectivity index (χ0) is 14.1. The molecule has 0 spiro atoms. The summed E-state index contributed by atoms with van der Waals surface area (Å²) in [5.74, 6) is 0. The number of hydrogen-bond acceptors (Lipinski definition) is 2. The second-order valence-corrected chi connectivity index (χ2v) is 5.45. The van der Waals surface area contributed by atoms with Crippen molar-refractivity contribution in [3.05, 3.63) is 48.0 Å². The lowest BCUT2D eigenvalue weighted by molar-refractivity contribution is 0.215. The van der Waals surface area contributed by atoms with Crippen molar-refractivity contribution in [2.24, 2.45) is 5.73 Å². The van der Waals surface area contributed by atoms with Gasteiger partial charge in [-0.05, 0) is 23.3 Å². The van der Waals surface area contributed by atoms with E-state index in [1.54, 1.807) is 4.90 Å². The first-order chi connectivity index (χ1) is 9.65. The van der Waals surface area contributed by atoms with E-state index in [-0.39, 0.29) is 18.1 Å². The molecule has 104 valence electrons. The highest BCUT2D eigenvalue weighted by molar-refractivity contribution is 5.87. The van der Waals surface area contributed by atoms with E-state index in [1.165, 1.54) is 16.3 Å². The molecule has 1 heterocycles. The minimum atomic E-state index is -0.0276. The predicted molar refractivity (Wildman–Crippen MR) is 80.4 cm³/mol. The fraction of sp³-hybridized carbons (Fsp3) is 0.312. The van der Waals surface area contributed by atoms with Crippen molar-refractivity contribution in [3.8, 4) is 0 Å². The van der Waals surface area contributed by atoms with E-state index in [1.807, 2.05) is 25.1 Å². The third kappa shape index (κ3) is 2.34. The van der Waals surface area contributed by atoms with Crippen LogP contribution in [0.5, 0.6) is 0 Å². The van der Waals surface area contributed by atoms with Gasteiger partial charge < -0.3 is 16.0 Å². The number of nitrogens with two attached hydrogens (primary N) is 1. The van der Waals surface area contributed by atoms with Crippen LogP contribution in [-0.2, 0) is 0 Å². The lowest BCUT2D eigenvalue weighted by Gasteiger charge is -2.17. The zero-order valence-electron chi connectivity index (χ0n) is 11.5. The summed E-state index contributed by atoms with van der Waals surface area (Å²) in [6.07, 6.45) is 0. The Labute approximate surface area is 118 Å². The fourth-order valence-corrected chi connectivity index (χ4v) is 2.82. The normalized spacial score (nSPS) is 20.2. The molecule has 4 nitrogen and oxygen atoms in total. The number of urea groups is 1. The number of carbonyl (C=O) groups excluding carboxylic acids is 1. The summed E-state index contributed by atoms with van der Waals surface area (Å²) in [6.45, 7) is 3.18. The number of nitrogens with zero attached hydrogens (tertiary/aromatic N) is 1. The van der Waals surface area contributed by atoms with E-state index in [9.17, 15) is 4.79 Å². The third-order valence-electron chi connectivity index (χ3n) is 3.70. The molecule has 3 rings (SSSR count). The van der Waals surface area contributed by atoms with Crippen molar-refractivity contribution < 1.29 is 4.79 Å². The van der Waals surface area contributed by atoms with Gasteiger partial charge in [-0.1, -0.05) is 42.5 Å². The molecule has 0 aromatic heterocycles. The standard InChI is InChI=1S/C16H19N3O/c1-11(17)9-19-10-15(18-16(19)20)14-8-4-6-12-5-2-3-7-13(12)14/h2-8,11,15H,9-10,17H2,1H3,(H,18,20). The molecule has 0 bridgehead atoms. The largest absolute Gasteiger partial charge is 0.329 e. The van der Waals surface area contributed by atoms with Crippen LogP contribution in [0.25, 0.3) is 10.8 Å². The SMILES string of the molecule is CC(N)CN1CC(c2cccc3ccccc23)NC1=O. The van der Waals surface area contributed by atoms with Crippen molar-refractivity contribution in [2.45, 2.75) is 19.0 Å². The van der Waals surface area contributed by atoms with E-state index in [2.05, 4.69) is 29.6 Å². The second-order valence-electron chi connectivity index (χ2n) is 5.45. The summed E-state index contributed by atoms with van der Waals surface area (Å²) >= 11 is 0. The molecule has 1 aliphatic heterocycles. The molecule has 0 aliphatic carbocycles. The maximum Gasteiger partial charge on any atom is 0.318 e. The van der Waals surface area contributed by atoms with Gasteiger partial charge in [-0.25, -0.2) is 4.79 Å². The summed E-state index contributed by atoms with van der Waals surface area (Å²) in [4.78, 5) is 13.8. The zero-order valence-corrected chi connectivity index (χ0v) is 11.5. The van der Waals surface area contributed by atoms with Crippen LogP contribution < -0.4 is 11.1 Å². The molecular weight excluding hydrogens is 250 g/mol. The number of nitrogens with one attached hydrogen (secondary N) is 1. The lowest BCUT2D eigenvalue weighted by Crippen LogP contribution is -2.37. The van der Waals surface area contributed by atoms with Crippen molar-refractivity contribution in [1.29, 1.82) is 0 Å². The van der Waals surface area contributed by atoms with Crippen LogP contribution >= 0.6 is 0 Å². The summed E-state index contributed by atoms with van der Waals surface area (Å²) in [6, 6.07) is 14.5. The van der Waals surface area contributed by atoms with Crippen molar-refractivity contribution in [3.63, 3.8) is 0 Å². The molecule has 1 saturated heterocycles. The Morgan fingerprint density at radius 2 is 2.05 bits per heavy atom. The van der Waals surface area contributed by atoms with Gasteiger partial charge in [-0.3, -0.25) is 0 Å². The molecule has 2 aromatic carbocycles. The molecule has 2 amide bonds. The van der Waals surface area contributed by atoms with Gasteiger partial charge in [0.2, 0.25) is 0 Å². The van der Waals surface area contributed by atoms with Gasteiger partial charge in [0.25, 0.3) is 0 Å². The average Bonchev–Trinajstić information content (AvgIpc) is 2.78.